The second kappa shape index (κ2) is 5.17. The van der Waals surface area contributed by atoms with Crippen LogP contribution in [0.4, 0.5) is 0 Å². The molecular formula is C10H10N6S. The fourth-order valence-corrected chi connectivity index (χ4v) is 1.28. The van der Waals surface area contributed by atoms with Crippen LogP contribution in [0.3, 0.4) is 0 Å². The van der Waals surface area contributed by atoms with Gasteiger partial charge in [-0.3, -0.25) is 5.43 Å². The minimum Gasteiger partial charge on any atom is -0.375 e. The predicted octanol–water partition coefficient (Wildman–Crippen LogP) is 0.434. The SMILES string of the molecule is NC(=S)NN=Cc1ccc(-n2cncn2)cc1. The molecule has 0 aliphatic heterocycles. The Morgan fingerprint density at radius 3 is 2.76 bits per heavy atom. The molecule has 86 valence electrons. The van der Waals surface area contributed by atoms with E-state index in [4.69, 9.17) is 5.73 Å². The molecule has 0 bridgehead atoms. The van der Waals surface area contributed by atoms with E-state index in [9.17, 15) is 0 Å². The van der Waals surface area contributed by atoms with Crippen LogP contribution in [0, 0.1) is 0 Å². The molecule has 2 aromatic rings. The van der Waals surface area contributed by atoms with Crippen LogP contribution in [0.15, 0.2) is 42.0 Å². The normalized spacial score (nSPS) is 10.6. The maximum absolute atomic E-state index is 5.23. The Kier molecular flexibility index (Phi) is 3.41. The Hall–Kier alpha value is -2.28. The molecule has 1 aromatic heterocycles. The lowest BCUT2D eigenvalue weighted by molar-refractivity contribution is 0.879. The third kappa shape index (κ3) is 3.08. The number of hydrogen-bond donors (Lipinski definition) is 2. The highest BCUT2D eigenvalue weighted by Crippen LogP contribution is 2.06. The molecule has 0 aliphatic carbocycles. The molecule has 1 heterocycles. The van der Waals surface area contributed by atoms with Crippen molar-refractivity contribution in [3.05, 3.63) is 42.5 Å². The van der Waals surface area contributed by atoms with Crippen molar-refractivity contribution in [3.8, 4) is 5.69 Å². The van der Waals surface area contributed by atoms with E-state index >= 15 is 0 Å². The van der Waals surface area contributed by atoms with E-state index in [1.165, 1.54) is 6.33 Å². The first-order chi connectivity index (χ1) is 8.25. The van der Waals surface area contributed by atoms with Gasteiger partial charge >= 0.3 is 0 Å². The van der Waals surface area contributed by atoms with Gasteiger partial charge in [-0.25, -0.2) is 9.67 Å². The fourth-order valence-electron chi connectivity index (χ4n) is 1.23. The molecule has 0 spiro atoms. The summed E-state index contributed by atoms with van der Waals surface area (Å²) in [5.41, 5.74) is 9.58. The molecule has 17 heavy (non-hydrogen) atoms. The molecule has 7 heteroatoms. The van der Waals surface area contributed by atoms with Crippen molar-refractivity contribution in [3.63, 3.8) is 0 Å². The molecule has 0 aliphatic rings. The zero-order chi connectivity index (χ0) is 12.1. The van der Waals surface area contributed by atoms with Crippen molar-refractivity contribution in [1.82, 2.24) is 20.2 Å². The summed E-state index contributed by atoms with van der Waals surface area (Å²) in [7, 11) is 0. The lowest BCUT2D eigenvalue weighted by Crippen LogP contribution is -2.23. The van der Waals surface area contributed by atoms with Crippen molar-refractivity contribution in [2.45, 2.75) is 0 Å². The van der Waals surface area contributed by atoms with Gasteiger partial charge in [-0.2, -0.15) is 10.2 Å². The zero-order valence-corrected chi connectivity index (χ0v) is 9.63. The van der Waals surface area contributed by atoms with Crippen molar-refractivity contribution in [1.29, 1.82) is 0 Å². The number of nitrogens with two attached hydrogens (primary N) is 1. The highest BCUT2D eigenvalue weighted by atomic mass is 32.1. The third-order valence-electron chi connectivity index (χ3n) is 1.96. The number of nitrogens with zero attached hydrogens (tertiary/aromatic N) is 4. The molecule has 0 saturated heterocycles. The largest absolute Gasteiger partial charge is 0.375 e. The van der Waals surface area contributed by atoms with Crippen LogP contribution >= 0.6 is 12.2 Å². The first kappa shape index (κ1) is 11.2. The molecule has 0 amide bonds. The highest BCUT2D eigenvalue weighted by molar-refractivity contribution is 7.80. The van der Waals surface area contributed by atoms with Crippen molar-refractivity contribution >= 4 is 23.5 Å². The fraction of sp³-hybridized carbons (Fsp3) is 0. The van der Waals surface area contributed by atoms with E-state index in [-0.39, 0.29) is 5.11 Å². The molecule has 0 unspecified atom stereocenters. The number of thiocarbonyl (C=S) groups is 1. The van der Waals surface area contributed by atoms with Crippen LogP contribution in [0.5, 0.6) is 0 Å². The predicted molar refractivity (Wildman–Crippen MR) is 68.9 cm³/mol. The topological polar surface area (TPSA) is 81.1 Å². The maximum atomic E-state index is 5.23. The van der Waals surface area contributed by atoms with Gasteiger partial charge in [0.1, 0.15) is 12.7 Å². The van der Waals surface area contributed by atoms with Crippen LogP contribution in [0.2, 0.25) is 0 Å². The number of benzene rings is 1. The van der Waals surface area contributed by atoms with Gasteiger partial charge in [0.05, 0.1) is 11.9 Å². The molecule has 0 radical (unpaired) electrons. The number of aromatic nitrogens is 3. The van der Waals surface area contributed by atoms with Crippen LogP contribution in [0.1, 0.15) is 5.56 Å². The quantitative estimate of drug-likeness (QED) is 0.466. The van der Waals surface area contributed by atoms with Gasteiger partial charge in [0.25, 0.3) is 0 Å². The van der Waals surface area contributed by atoms with Crippen LogP contribution < -0.4 is 11.2 Å². The van der Waals surface area contributed by atoms with Gasteiger partial charge in [-0.15, -0.1) is 0 Å². The first-order valence-electron chi connectivity index (χ1n) is 4.79. The Morgan fingerprint density at radius 2 is 2.18 bits per heavy atom. The highest BCUT2D eigenvalue weighted by Gasteiger charge is 1.95. The number of rotatable bonds is 3. The Morgan fingerprint density at radius 1 is 1.41 bits per heavy atom. The molecule has 1 aromatic carbocycles. The van der Waals surface area contributed by atoms with Gasteiger partial charge < -0.3 is 5.73 Å². The third-order valence-corrected chi connectivity index (χ3v) is 2.06. The Bertz CT molecular complexity index is 516. The molecule has 6 nitrogen and oxygen atoms in total. The standard InChI is InChI=1S/C10H10N6S/c11-10(17)15-13-5-8-1-3-9(4-2-8)16-7-12-6-14-16/h1-7H,(H3,11,15,17). The van der Waals surface area contributed by atoms with Gasteiger partial charge in [-0.05, 0) is 29.9 Å². The smallest absolute Gasteiger partial charge is 0.184 e. The molecule has 0 atom stereocenters. The monoisotopic (exact) mass is 246 g/mol. The van der Waals surface area contributed by atoms with Crippen LogP contribution in [-0.2, 0) is 0 Å². The average Bonchev–Trinajstić information content (AvgIpc) is 2.83. The maximum Gasteiger partial charge on any atom is 0.184 e. The number of nitrogens with one attached hydrogen (secondary N) is 1. The van der Waals surface area contributed by atoms with Crippen LogP contribution in [-0.4, -0.2) is 26.1 Å². The second-order valence-electron chi connectivity index (χ2n) is 3.17. The van der Waals surface area contributed by atoms with Crippen molar-refractivity contribution < 1.29 is 0 Å². The summed E-state index contributed by atoms with van der Waals surface area (Å²) in [5.74, 6) is 0. The summed E-state index contributed by atoms with van der Waals surface area (Å²) in [5, 5.41) is 8.02. The van der Waals surface area contributed by atoms with Crippen molar-refractivity contribution in [2.24, 2.45) is 10.8 Å². The Balaban J connectivity index is 2.08. The van der Waals surface area contributed by atoms with Crippen molar-refractivity contribution in [2.75, 3.05) is 0 Å². The van der Waals surface area contributed by atoms with Crippen LogP contribution in [0.25, 0.3) is 5.69 Å². The summed E-state index contributed by atoms with van der Waals surface area (Å²) < 4.78 is 1.67. The van der Waals surface area contributed by atoms with Gasteiger partial charge in [-0.1, -0.05) is 12.1 Å². The van der Waals surface area contributed by atoms with E-state index in [1.54, 1.807) is 17.2 Å². The zero-order valence-electron chi connectivity index (χ0n) is 8.82. The van der Waals surface area contributed by atoms with E-state index < -0.39 is 0 Å². The molecule has 0 fully saturated rings. The molecule has 3 N–H and O–H groups in total. The van der Waals surface area contributed by atoms with E-state index in [2.05, 4.69) is 32.8 Å². The summed E-state index contributed by atoms with van der Waals surface area (Å²) in [6.45, 7) is 0. The number of hydrazone groups is 1. The number of hydrogen-bond acceptors (Lipinski definition) is 4. The van der Waals surface area contributed by atoms with E-state index in [0.29, 0.717) is 0 Å². The first-order valence-corrected chi connectivity index (χ1v) is 5.20. The minimum atomic E-state index is 0.139. The second-order valence-corrected chi connectivity index (χ2v) is 3.61. The molecule has 2 rings (SSSR count). The lowest BCUT2D eigenvalue weighted by atomic mass is 10.2. The summed E-state index contributed by atoms with van der Waals surface area (Å²) in [6, 6.07) is 7.64. The van der Waals surface area contributed by atoms with Gasteiger partial charge in [0.15, 0.2) is 5.11 Å². The lowest BCUT2D eigenvalue weighted by Gasteiger charge is -2.00. The average molecular weight is 246 g/mol. The minimum absolute atomic E-state index is 0.139. The van der Waals surface area contributed by atoms with E-state index in [1.807, 2.05) is 24.3 Å². The van der Waals surface area contributed by atoms with Gasteiger partial charge in [0.2, 0.25) is 0 Å². The molecule has 0 saturated carbocycles. The van der Waals surface area contributed by atoms with Gasteiger partial charge in [0, 0.05) is 0 Å². The summed E-state index contributed by atoms with van der Waals surface area (Å²) in [4.78, 5) is 3.88. The summed E-state index contributed by atoms with van der Waals surface area (Å²) in [6.07, 6.45) is 4.75. The van der Waals surface area contributed by atoms with E-state index in [0.717, 1.165) is 11.3 Å². The molecular weight excluding hydrogens is 236 g/mol. The summed E-state index contributed by atoms with van der Waals surface area (Å²) >= 11 is 4.62. The Labute approximate surface area is 103 Å².